The molecule has 2 rings (SSSR count). The molecular formula is C15H17N3O3. The quantitative estimate of drug-likeness (QED) is 0.931. The van der Waals surface area contributed by atoms with Gasteiger partial charge >= 0.3 is 0 Å². The molecule has 2 amide bonds. The fourth-order valence-electron chi connectivity index (χ4n) is 1.71. The highest BCUT2D eigenvalue weighted by atomic mass is 16.5. The van der Waals surface area contributed by atoms with Gasteiger partial charge in [0, 0.05) is 25.8 Å². The van der Waals surface area contributed by atoms with Gasteiger partial charge in [0.25, 0.3) is 5.91 Å². The van der Waals surface area contributed by atoms with Gasteiger partial charge in [-0.05, 0) is 24.6 Å². The van der Waals surface area contributed by atoms with E-state index in [9.17, 15) is 9.59 Å². The Hall–Kier alpha value is -2.63. The van der Waals surface area contributed by atoms with Crippen molar-refractivity contribution in [3.05, 3.63) is 47.3 Å². The van der Waals surface area contributed by atoms with Crippen LogP contribution in [0, 0.1) is 6.92 Å². The van der Waals surface area contributed by atoms with Crippen molar-refractivity contribution in [2.24, 2.45) is 0 Å². The molecule has 2 aromatic rings. The Morgan fingerprint density at radius 3 is 2.43 bits per heavy atom. The van der Waals surface area contributed by atoms with Crippen LogP contribution in [0.2, 0.25) is 0 Å². The highest BCUT2D eigenvalue weighted by Gasteiger charge is 2.11. The zero-order valence-electron chi connectivity index (χ0n) is 12.2. The molecule has 0 bridgehead atoms. The lowest BCUT2D eigenvalue weighted by Gasteiger charge is -2.10. The predicted molar refractivity (Wildman–Crippen MR) is 78.0 cm³/mol. The molecule has 0 unspecified atom stereocenters. The molecule has 6 heteroatoms. The number of carbonyl (C=O) groups excluding carboxylic acids is 2. The average Bonchev–Trinajstić information content (AvgIpc) is 2.87. The third-order valence-corrected chi connectivity index (χ3v) is 2.93. The van der Waals surface area contributed by atoms with Crippen molar-refractivity contribution in [3.8, 4) is 0 Å². The maximum atomic E-state index is 11.9. The number of carbonyl (C=O) groups is 2. The van der Waals surface area contributed by atoms with Crippen molar-refractivity contribution < 1.29 is 14.1 Å². The molecule has 1 heterocycles. The van der Waals surface area contributed by atoms with Crippen molar-refractivity contribution in [1.29, 1.82) is 0 Å². The monoisotopic (exact) mass is 287 g/mol. The zero-order valence-corrected chi connectivity index (χ0v) is 12.2. The van der Waals surface area contributed by atoms with E-state index in [0.29, 0.717) is 17.9 Å². The van der Waals surface area contributed by atoms with E-state index in [1.165, 1.54) is 0 Å². The van der Waals surface area contributed by atoms with E-state index in [1.54, 1.807) is 44.1 Å². The molecule has 0 aliphatic heterocycles. The van der Waals surface area contributed by atoms with Crippen LogP contribution in [-0.4, -0.2) is 36.0 Å². The van der Waals surface area contributed by atoms with Gasteiger partial charge in [0.1, 0.15) is 5.76 Å². The smallest absolute Gasteiger partial charge is 0.277 e. The van der Waals surface area contributed by atoms with Crippen LogP contribution in [0.25, 0.3) is 0 Å². The Labute approximate surface area is 122 Å². The number of hydrogen-bond acceptors (Lipinski definition) is 4. The fraction of sp³-hybridized carbons (Fsp3) is 0.267. The van der Waals surface area contributed by atoms with Gasteiger partial charge in [0.05, 0.1) is 6.42 Å². The summed E-state index contributed by atoms with van der Waals surface area (Å²) in [4.78, 5) is 25.0. The van der Waals surface area contributed by atoms with Gasteiger partial charge in [-0.3, -0.25) is 9.59 Å². The second kappa shape index (κ2) is 6.21. The van der Waals surface area contributed by atoms with E-state index in [0.717, 1.165) is 5.56 Å². The Kier molecular flexibility index (Phi) is 4.37. The first-order valence-corrected chi connectivity index (χ1v) is 6.49. The van der Waals surface area contributed by atoms with Crippen LogP contribution in [0.3, 0.4) is 0 Å². The minimum atomic E-state index is -0.330. The highest BCUT2D eigenvalue weighted by Crippen LogP contribution is 2.12. The van der Waals surface area contributed by atoms with Crippen LogP contribution in [0.5, 0.6) is 0 Å². The summed E-state index contributed by atoms with van der Waals surface area (Å²) in [6.45, 7) is 1.72. The van der Waals surface area contributed by atoms with E-state index in [1.807, 2.05) is 12.1 Å². The van der Waals surface area contributed by atoms with E-state index in [4.69, 9.17) is 4.52 Å². The summed E-state index contributed by atoms with van der Waals surface area (Å²) in [7, 11) is 3.44. The summed E-state index contributed by atoms with van der Waals surface area (Å²) in [5, 5.41) is 6.37. The Morgan fingerprint density at radius 2 is 1.90 bits per heavy atom. The number of likely N-dealkylation sites (N-methyl/N-ethyl adjacent to an activating group) is 1. The number of nitrogens with one attached hydrogen (secondary N) is 1. The number of aryl methyl sites for hydroxylation is 1. The van der Waals surface area contributed by atoms with Crippen LogP contribution >= 0.6 is 0 Å². The van der Waals surface area contributed by atoms with E-state index in [-0.39, 0.29) is 17.5 Å². The van der Waals surface area contributed by atoms with Gasteiger partial charge < -0.3 is 14.7 Å². The van der Waals surface area contributed by atoms with Crippen molar-refractivity contribution in [2.75, 3.05) is 19.4 Å². The molecule has 0 spiro atoms. The standard InChI is InChI=1S/C15H17N3O3/c1-10-8-13(17-21-10)15(20)16-12-6-4-11(5-7-12)9-14(19)18(2)3/h4-8H,9H2,1-3H3,(H,16,20). The molecule has 0 fully saturated rings. The molecule has 6 nitrogen and oxygen atoms in total. The third kappa shape index (κ3) is 3.92. The highest BCUT2D eigenvalue weighted by molar-refractivity contribution is 6.02. The number of benzene rings is 1. The molecule has 0 saturated heterocycles. The normalized spacial score (nSPS) is 10.2. The number of anilines is 1. The van der Waals surface area contributed by atoms with Gasteiger partial charge in [-0.25, -0.2) is 0 Å². The lowest BCUT2D eigenvalue weighted by molar-refractivity contribution is -0.127. The summed E-state index contributed by atoms with van der Waals surface area (Å²) in [5.41, 5.74) is 1.77. The average molecular weight is 287 g/mol. The Morgan fingerprint density at radius 1 is 1.24 bits per heavy atom. The number of aromatic nitrogens is 1. The van der Waals surface area contributed by atoms with Gasteiger partial charge in [-0.15, -0.1) is 0 Å². The summed E-state index contributed by atoms with van der Waals surface area (Å²) in [6, 6.07) is 8.70. The summed E-state index contributed by atoms with van der Waals surface area (Å²) >= 11 is 0. The van der Waals surface area contributed by atoms with Crippen LogP contribution in [0.4, 0.5) is 5.69 Å². The largest absolute Gasteiger partial charge is 0.361 e. The van der Waals surface area contributed by atoms with Crippen LogP contribution in [0.1, 0.15) is 21.8 Å². The van der Waals surface area contributed by atoms with Crippen LogP contribution in [-0.2, 0) is 11.2 Å². The molecule has 110 valence electrons. The Bertz CT molecular complexity index is 644. The Balaban J connectivity index is 1.99. The maximum Gasteiger partial charge on any atom is 0.277 e. The summed E-state index contributed by atoms with van der Waals surface area (Å²) in [5.74, 6) is 0.284. The van der Waals surface area contributed by atoms with Crippen LogP contribution < -0.4 is 5.32 Å². The maximum absolute atomic E-state index is 11.9. The topological polar surface area (TPSA) is 75.4 Å². The van der Waals surface area contributed by atoms with E-state index >= 15 is 0 Å². The van der Waals surface area contributed by atoms with E-state index < -0.39 is 0 Å². The van der Waals surface area contributed by atoms with E-state index in [2.05, 4.69) is 10.5 Å². The lowest BCUT2D eigenvalue weighted by Crippen LogP contribution is -2.23. The zero-order chi connectivity index (χ0) is 15.4. The number of rotatable bonds is 4. The van der Waals surface area contributed by atoms with Crippen molar-refractivity contribution in [1.82, 2.24) is 10.1 Å². The van der Waals surface area contributed by atoms with Gasteiger partial charge in [-0.1, -0.05) is 17.3 Å². The summed E-state index contributed by atoms with van der Waals surface area (Å²) in [6.07, 6.45) is 0.337. The lowest BCUT2D eigenvalue weighted by atomic mass is 10.1. The van der Waals surface area contributed by atoms with Crippen LogP contribution in [0.15, 0.2) is 34.9 Å². The number of hydrogen-bond donors (Lipinski definition) is 1. The van der Waals surface area contributed by atoms with Crippen molar-refractivity contribution >= 4 is 17.5 Å². The SMILES string of the molecule is Cc1cc(C(=O)Nc2ccc(CC(=O)N(C)C)cc2)no1. The first-order chi connectivity index (χ1) is 9.95. The predicted octanol–water partition coefficient (Wildman–Crippen LogP) is 1.87. The fourth-order valence-corrected chi connectivity index (χ4v) is 1.71. The molecule has 1 N–H and O–H groups in total. The summed E-state index contributed by atoms with van der Waals surface area (Å²) < 4.78 is 4.86. The first-order valence-electron chi connectivity index (χ1n) is 6.49. The number of amides is 2. The van der Waals surface area contributed by atoms with Gasteiger partial charge in [0.15, 0.2) is 5.69 Å². The molecule has 0 atom stereocenters. The van der Waals surface area contributed by atoms with Gasteiger partial charge in [0.2, 0.25) is 5.91 Å². The molecule has 1 aromatic carbocycles. The van der Waals surface area contributed by atoms with Crippen molar-refractivity contribution in [2.45, 2.75) is 13.3 Å². The molecule has 0 radical (unpaired) electrons. The van der Waals surface area contributed by atoms with Crippen molar-refractivity contribution in [3.63, 3.8) is 0 Å². The molecular weight excluding hydrogens is 270 g/mol. The second-order valence-electron chi connectivity index (χ2n) is 4.94. The molecule has 21 heavy (non-hydrogen) atoms. The molecule has 0 aliphatic rings. The minimum Gasteiger partial charge on any atom is -0.361 e. The minimum absolute atomic E-state index is 0.0323. The third-order valence-electron chi connectivity index (χ3n) is 2.93. The molecule has 0 saturated carbocycles. The molecule has 1 aromatic heterocycles. The second-order valence-corrected chi connectivity index (χ2v) is 4.94. The number of nitrogens with zero attached hydrogens (tertiary/aromatic N) is 2. The molecule has 0 aliphatic carbocycles. The first kappa shape index (κ1) is 14.8. The van der Waals surface area contributed by atoms with Gasteiger partial charge in [-0.2, -0.15) is 0 Å².